The average Bonchev–Trinajstić information content (AvgIpc) is 2.46. The lowest BCUT2D eigenvalue weighted by Gasteiger charge is -1.99. The molecule has 20 heavy (non-hydrogen) atoms. The molecule has 0 unspecified atom stereocenters. The minimum absolute atomic E-state index is 0.0460. The summed E-state index contributed by atoms with van der Waals surface area (Å²) in [4.78, 5) is 14.3. The molecule has 0 aliphatic carbocycles. The first-order valence-corrected chi connectivity index (χ1v) is 5.81. The van der Waals surface area contributed by atoms with Crippen molar-refractivity contribution in [3.05, 3.63) is 63.7 Å². The van der Waals surface area contributed by atoms with Gasteiger partial charge in [0.1, 0.15) is 5.75 Å². The van der Waals surface area contributed by atoms with Gasteiger partial charge in [-0.2, -0.15) is 0 Å². The van der Waals surface area contributed by atoms with Gasteiger partial charge in [-0.25, -0.2) is 0 Å². The molecule has 0 heterocycles. The number of benzene rings is 2. The van der Waals surface area contributed by atoms with Crippen molar-refractivity contribution in [1.29, 1.82) is 0 Å². The lowest BCUT2D eigenvalue weighted by molar-refractivity contribution is -0.384. The molecule has 2 N–H and O–H groups in total. The van der Waals surface area contributed by atoms with Crippen LogP contribution in [-0.4, -0.2) is 21.4 Å². The fourth-order valence-electron chi connectivity index (χ4n) is 1.59. The maximum absolute atomic E-state index is 10.7. The molecule has 0 atom stereocenters. The van der Waals surface area contributed by atoms with Crippen molar-refractivity contribution >= 4 is 17.6 Å². The number of hydrogen-bond donors (Lipinski definition) is 2. The molecular weight excluding hydrogens is 260 g/mol. The minimum atomic E-state index is -0.535. The molecule has 0 amide bonds. The quantitative estimate of drug-likeness (QED) is 0.508. The summed E-state index contributed by atoms with van der Waals surface area (Å²) in [6.45, 7) is -0.0460. The summed E-state index contributed by atoms with van der Waals surface area (Å²) < 4.78 is 0. The lowest BCUT2D eigenvalue weighted by atomic mass is 10.2. The molecule has 2 aromatic carbocycles. The van der Waals surface area contributed by atoms with Crippen molar-refractivity contribution in [3.8, 4) is 5.75 Å². The van der Waals surface area contributed by atoms with Crippen molar-refractivity contribution in [3.63, 3.8) is 0 Å². The normalized spacial score (nSPS) is 10.8. The average molecular weight is 272 g/mol. The number of nitro benzene ring substituents is 1. The van der Waals surface area contributed by atoms with Crippen molar-refractivity contribution in [1.82, 2.24) is 0 Å². The number of nitrogens with zero attached hydrogens (tertiary/aromatic N) is 2. The van der Waals surface area contributed by atoms with Crippen molar-refractivity contribution in [2.75, 3.05) is 0 Å². The monoisotopic (exact) mass is 272 g/mol. The van der Waals surface area contributed by atoms with Gasteiger partial charge in [-0.1, -0.05) is 12.1 Å². The van der Waals surface area contributed by atoms with Crippen LogP contribution in [0.25, 0.3) is 0 Å². The smallest absolute Gasteiger partial charge is 0.270 e. The van der Waals surface area contributed by atoms with E-state index in [4.69, 9.17) is 5.11 Å². The van der Waals surface area contributed by atoms with Crippen LogP contribution in [-0.2, 0) is 6.61 Å². The van der Waals surface area contributed by atoms with Gasteiger partial charge in [0.05, 0.1) is 17.2 Å². The van der Waals surface area contributed by atoms with Crippen LogP contribution in [0.5, 0.6) is 5.75 Å². The molecule has 6 heteroatoms. The van der Waals surface area contributed by atoms with E-state index in [1.165, 1.54) is 24.4 Å². The van der Waals surface area contributed by atoms with E-state index in [9.17, 15) is 15.2 Å². The third kappa shape index (κ3) is 3.18. The molecule has 2 aromatic rings. The number of phenolic OH excluding ortho intramolecular Hbond substituents is 1. The maximum Gasteiger partial charge on any atom is 0.270 e. The number of aliphatic hydroxyl groups is 1. The number of non-ortho nitro benzene ring substituents is 1. The van der Waals surface area contributed by atoms with E-state index >= 15 is 0 Å². The van der Waals surface area contributed by atoms with E-state index in [0.717, 1.165) is 5.56 Å². The Hall–Kier alpha value is -2.73. The minimum Gasteiger partial charge on any atom is -0.507 e. The highest BCUT2D eigenvalue weighted by Crippen LogP contribution is 2.22. The first-order chi connectivity index (χ1) is 9.60. The predicted octanol–water partition coefficient (Wildman–Crippen LogP) is 2.54. The van der Waals surface area contributed by atoms with Crippen molar-refractivity contribution in [2.45, 2.75) is 6.61 Å². The zero-order valence-electron chi connectivity index (χ0n) is 10.4. The van der Waals surface area contributed by atoms with Gasteiger partial charge in [0.25, 0.3) is 5.69 Å². The largest absolute Gasteiger partial charge is 0.507 e. The second-order valence-corrected chi connectivity index (χ2v) is 4.08. The zero-order valence-corrected chi connectivity index (χ0v) is 10.4. The van der Waals surface area contributed by atoms with E-state index in [1.54, 1.807) is 24.3 Å². The highest BCUT2D eigenvalue weighted by molar-refractivity contribution is 5.86. The molecule has 0 aliphatic heterocycles. The van der Waals surface area contributed by atoms with E-state index < -0.39 is 4.92 Å². The molecule has 0 radical (unpaired) electrons. The summed E-state index contributed by atoms with van der Waals surface area (Å²) in [5.41, 5.74) is 1.54. The number of aromatic hydroxyl groups is 1. The van der Waals surface area contributed by atoms with Crippen LogP contribution in [0.3, 0.4) is 0 Å². The van der Waals surface area contributed by atoms with Gasteiger partial charge in [-0.15, -0.1) is 0 Å². The van der Waals surface area contributed by atoms with Crippen molar-refractivity contribution < 1.29 is 15.1 Å². The van der Waals surface area contributed by atoms with Crippen molar-refractivity contribution in [2.24, 2.45) is 4.99 Å². The highest BCUT2D eigenvalue weighted by atomic mass is 16.6. The van der Waals surface area contributed by atoms with Gasteiger partial charge >= 0.3 is 0 Å². The Morgan fingerprint density at radius 1 is 1.20 bits per heavy atom. The Labute approximate surface area is 114 Å². The molecule has 0 saturated carbocycles. The first-order valence-electron chi connectivity index (χ1n) is 5.81. The molecule has 0 bridgehead atoms. The van der Waals surface area contributed by atoms with Gasteiger partial charge in [0.15, 0.2) is 0 Å². The molecule has 0 saturated heterocycles. The second kappa shape index (κ2) is 5.94. The third-order valence-electron chi connectivity index (χ3n) is 2.69. The van der Waals surface area contributed by atoms with Crippen LogP contribution in [0.4, 0.5) is 11.4 Å². The molecule has 0 aliphatic rings. The molecular formula is C14H12N2O4. The molecule has 0 fully saturated rings. The van der Waals surface area contributed by atoms with Crippen LogP contribution < -0.4 is 0 Å². The first kappa shape index (κ1) is 13.7. The summed E-state index contributed by atoms with van der Waals surface area (Å²) >= 11 is 0. The lowest BCUT2D eigenvalue weighted by Crippen LogP contribution is -1.90. The maximum atomic E-state index is 10.7. The number of phenols is 1. The second-order valence-electron chi connectivity index (χ2n) is 4.08. The SMILES string of the molecule is O=[N+]([O-])c1ccc(O)c(C=Nc2ccc(CO)cc2)c1. The molecule has 6 nitrogen and oxygen atoms in total. The standard InChI is InChI=1S/C14H12N2O4/c17-9-10-1-3-12(4-2-10)15-8-11-7-13(16(19)20)5-6-14(11)18/h1-8,17-18H,9H2. The topological polar surface area (TPSA) is 96.0 Å². The van der Waals surface area contributed by atoms with Gasteiger partial charge in [0.2, 0.25) is 0 Å². The fraction of sp³-hybridized carbons (Fsp3) is 0.0714. The molecule has 0 aromatic heterocycles. The van der Waals surface area contributed by atoms with E-state index in [2.05, 4.69) is 4.99 Å². The van der Waals surface area contributed by atoms with E-state index in [1.807, 2.05) is 0 Å². The summed E-state index contributed by atoms with van der Waals surface area (Å²) in [5, 5.41) is 29.2. The zero-order chi connectivity index (χ0) is 14.5. The van der Waals surface area contributed by atoms with E-state index in [-0.39, 0.29) is 23.6 Å². The summed E-state index contributed by atoms with van der Waals surface area (Å²) in [6.07, 6.45) is 1.36. The summed E-state index contributed by atoms with van der Waals surface area (Å²) in [7, 11) is 0. The Morgan fingerprint density at radius 2 is 1.90 bits per heavy atom. The highest BCUT2D eigenvalue weighted by Gasteiger charge is 2.08. The van der Waals surface area contributed by atoms with Crippen LogP contribution in [0, 0.1) is 10.1 Å². The molecule has 102 valence electrons. The summed E-state index contributed by atoms with van der Waals surface area (Å²) in [5.74, 6) is -0.0775. The number of hydrogen-bond acceptors (Lipinski definition) is 5. The summed E-state index contributed by atoms with van der Waals surface area (Å²) in [6, 6.07) is 10.6. The van der Waals surface area contributed by atoms with Gasteiger partial charge in [-0.05, 0) is 23.8 Å². The third-order valence-corrected chi connectivity index (χ3v) is 2.69. The predicted molar refractivity (Wildman–Crippen MR) is 74.4 cm³/mol. The van der Waals surface area contributed by atoms with Gasteiger partial charge in [-0.3, -0.25) is 15.1 Å². The van der Waals surface area contributed by atoms with Crippen LogP contribution in [0.1, 0.15) is 11.1 Å². The number of nitro groups is 1. The van der Waals surface area contributed by atoms with Crippen LogP contribution >= 0.6 is 0 Å². The Morgan fingerprint density at radius 3 is 2.50 bits per heavy atom. The van der Waals surface area contributed by atoms with Crippen LogP contribution in [0.15, 0.2) is 47.5 Å². The number of aliphatic imine (C=N–C) groups is 1. The Balaban J connectivity index is 2.25. The Kier molecular flexibility index (Phi) is 4.07. The van der Waals surface area contributed by atoms with Gasteiger partial charge in [0, 0.05) is 23.9 Å². The number of aliphatic hydroxyl groups excluding tert-OH is 1. The van der Waals surface area contributed by atoms with Gasteiger partial charge < -0.3 is 10.2 Å². The molecule has 0 spiro atoms. The van der Waals surface area contributed by atoms with E-state index in [0.29, 0.717) is 5.69 Å². The fourth-order valence-corrected chi connectivity index (χ4v) is 1.59. The van der Waals surface area contributed by atoms with Crippen LogP contribution in [0.2, 0.25) is 0 Å². The molecule has 2 rings (SSSR count). The Bertz CT molecular complexity index is 651. The number of rotatable bonds is 4.